The summed E-state index contributed by atoms with van der Waals surface area (Å²) in [6.45, 7) is 5.98. The van der Waals surface area contributed by atoms with Crippen LogP contribution in [0, 0.1) is 0 Å². The fourth-order valence-electron chi connectivity index (χ4n) is 0.144. The Kier molecular flexibility index (Phi) is 16.0. The van der Waals surface area contributed by atoms with Crippen molar-refractivity contribution in [3.63, 3.8) is 0 Å². The van der Waals surface area contributed by atoms with Crippen LogP contribution in [0.4, 0.5) is 0 Å². The SMILES string of the molecule is C=CCS(=O)(=O)[O-].C=CO.[Na+]. The Hall–Kier alpha value is 0.190. The van der Waals surface area contributed by atoms with Gasteiger partial charge in [0.25, 0.3) is 0 Å². The summed E-state index contributed by atoms with van der Waals surface area (Å²) < 4.78 is 28.8. The number of hydrogen-bond acceptors (Lipinski definition) is 4. The summed E-state index contributed by atoms with van der Waals surface area (Å²) in [5.74, 6) is -0.479. The molecule has 0 unspecified atom stereocenters. The van der Waals surface area contributed by atoms with Crippen LogP contribution in [0.25, 0.3) is 0 Å². The Morgan fingerprint density at radius 1 is 1.45 bits per heavy atom. The molecule has 11 heavy (non-hydrogen) atoms. The van der Waals surface area contributed by atoms with E-state index in [1.54, 1.807) is 0 Å². The van der Waals surface area contributed by atoms with Gasteiger partial charge >= 0.3 is 29.6 Å². The first-order valence-corrected chi connectivity index (χ1v) is 3.85. The molecule has 0 rings (SSSR count). The molecule has 0 aliphatic heterocycles. The monoisotopic (exact) mass is 188 g/mol. The number of aliphatic hydroxyl groups is 1. The normalized spacial score (nSPS) is 8.09. The van der Waals surface area contributed by atoms with Crippen LogP contribution in [0.1, 0.15) is 0 Å². The van der Waals surface area contributed by atoms with E-state index in [-0.39, 0.29) is 29.6 Å². The molecular weight excluding hydrogens is 179 g/mol. The maximum absolute atomic E-state index is 9.60. The molecule has 0 saturated heterocycles. The first kappa shape index (κ1) is 17.3. The van der Waals surface area contributed by atoms with Gasteiger partial charge in [0.15, 0.2) is 0 Å². The van der Waals surface area contributed by atoms with Crippen molar-refractivity contribution < 1.29 is 47.6 Å². The van der Waals surface area contributed by atoms with E-state index in [1.165, 1.54) is 0 Å². The minimum absolute atomic E-state index is 0. The molecule has 4 nitrogen and oxygen atoms in total. The third-order valence-electron chi connectivity index (χ3n) is 0.322. The Morgan fingerprint density at radius 3 is 1.73 bits per heavy atom. The molecule has 0 aromatic heterocycles. The van der Waals surface area contributed by atoms with E-state index >= 15 is 0 Å². The molecule has 0 aromatic rings. The summed E-state index contributed by atoms with van der Waals surface area (Å²) in [5, 5.41) is 7.33. The van der Waals surface area contributed by atoms with E-state index in [1.807, 2.05) is 0 Å². The minimum Gasteiger partial charge on any atom is -0.748 e. The summed E-state index contributed by atoms with van der Waals surface area (Å²) in [7, 11) is -4.04. The van der Waals surface area contributed by atoms with Gasteiger partial charge in [-0.3, -0.25) is 0 Å². The first-order chi connectivity index (χ1) is 4.47. The van der Waals surface area contributed by atoms with Crippen LogP contribution < -0.4 is 29.6 Å². The molecule has 0 aliphatic carbocycles. The molecule has 0 heterocycles. The molecule has 0 atom stereocenters. The topological polar surface area (TPSA) is 77.4 Å². The third-order valence-corrected chi connectivity index (χ3v) is 0.966. The fourth-order valence-corrected chi connectivity index (χ4v) is 0.433. The van der Waals surface area contributed by atoms with Crippen molar-refractivity contribution in [1.29, 1.82) is 0 Å². The summed E-state index contributed by atoms with van der Waals surface area (Å²) in [6, 6.07) is 0. The fraction of sp³-hybridized carbons (Fsp3) is 0.200. The average molecular weight is 188 g/mol. The van der Waals surface area contributed by atoms with Crippen LogP contribution in [-0.4, -0.2) is 23.8 Å². The van der Waals surface area contributed by atoms with Crippen LogP contribution in [0.2, 0.25) is 0 Å². The molecule has 0 aliphatic rings. The smallest absolute Gasteiger partial charge is 0.748 e. The van der Waals surface area contributed by atoms with Crippen molar-refractivity contribution in [2.45, 2.75) is 0 Å². The Balaban J connectivity index is -0.000000140. The van der Waals surface area contributed by atoms with Gasteiger partial charge in [-0.05, 0) is 0 Å². The van der Waals surface area contributed by atoms with Gasteiger partial charge in [0.05, 0.1) is 22.1 Å². The van der Waals surface area contributed by atoms with Gasteiger partial charge in [-0.25, -0.2) is 8.42 Å². The number of rotatable bonds is 2. The Labute approximate surface area is 88.7 Å². The zero-order chi connectivity index (χ0) is 8.62. The van der Waals surface area contributed by atoms with Gasteiger partial charge < -0.3 is 9.66 Å². The van der Waals surface area contributed by atoms with E-state index < -0.39 is 15.9 Å². The van der Waals surface area contributed by atoms with Crippen LogP contribution in [0.5, 0.6) is 0 Å². The van der Waals surface area contributed by atoms with E-state index in [2.05, 4.69) is 13.2 Å². The van der Waals surface area contributed by atoms with Crippen molar-refractivity contribution in [3.05, 3.63) is 25.5 Å². The minimum atomic E-state index is -4.04. The first-order valence-electron chi connectivity index (χ1n) is 2.27. The summed E-state index contributed by atoms with van der Waals surface area (Å²) in [4.78, 5) is 0. The van der Waals surface area contributed by atoms with Crippen molar-refractivity contribution in [2.75, 3.05) is 5.75 Å². The van der Waals surface area contributed by atoms with Crippen LogP contribution in [-0.2, 0) is 10.1 Å². The van der Waals surface area contributed by atoms with Crippen LogP contribution in [0.3, 0.4) is 0 Å². The van der Waals surface area contributed by atoms with E-state index in [4.69, 9.17) is 5.11 Å². The predicted octanol–water partition coefficient (Wildman–Crippen LogP) is -2.59. The summed E-state index contributed by atoms with van der Waals surface area (Å²) >= 11 is 0. The largest absolute Gasteiger partial charge is 1.00 e. The van der Waals surface area contributed by atoms with Crippen molar-refractivity contribution in [1.82, 2.24) is 0 Å². The summed E-state index contributed by atoms with van der Waals surface area (Å²) in [6.07, 6.45) is 1.81. The maximum atomic E-state index is 9.60. The van der Waals surface area contributed by atoms with Gasteiger partial charge in [0, 0.05) is 0 Å². The van der Waals surface area contributed by atoms with E-state index in [0.29, 0.717) is 0 Å². The molecule has 0 spiro atoms. The zero-order valence-corrected chi connectivity index (χ0v) is 9.17. The molecule has 1 N–H and O–H groups in total. The molecule has 0 saturated carbocycles. The van der Waals surface area contributed by atoms with Gasteiger partial charge in [-0.1, -0.05) is 12.7 Å². The van der Waals surface area contributed by atoms with Crippen molar-refractivity contribution in [2.24, 2.45) is 0 Å². The second kappa shape index (κ2) is 10.2. The van der Waals surface area contributed by atoms with Crippen molar-refractivity contribution in [3.8, 4) is 0 Å². The molecule has 0 bridgehead atoms. The van der Waals surface area contributed by atoms with Crippen molar-refractivity contribution >= 4 is 10.1 Å². The molecular formula is C5H9NaO4S. The molecule has 0 fully saturated rings. The quantitative estimate of drug-likeness (QED) is 0.223. The van der Waals surface area contributed by atoms with Gasteiger partial charge in [-0.15, -0.1) is 6.58 Å². The number of hydrogen-bond donors (Lipinski definition) is 1. The Bertz CT molecular complexity index is 185. The van der Waals surface area contributed by atoms with Crippen LogP contribution in [0.15, 0.2) is 25.5 Å². The van der Waals surface area contributed by atoms with E-state index in [9.17, 15) is 13.0 Å². The molecule has 0 radical (unpaired) electrons. The average Bonchev–Trinajstić information content (AvgIpc) is 1.63. The van der Waals surface area contributed by atoms with E-state index in [0.717, 1.165) is 12.3 Å². The van der Waals surface area contributed by atoms with Gasteiger partial charge in [0.1, 0.15) is 0 Å². The molecule has 6 heteroatoms. The maximum Gasteiger partial charge on any atom is 1.00 e. The second-order valence-electron chi connectivity index (χ2n) is 1.20. The molecule has 60 valence electrons. The van der Waals surface area contributed by atoms with Gasteiger partial charge in [0.2, 0.25) is 0 Å². The summed E-state index contributed by atoms with van der Waals surface area (Å²) in [5.41, 5.74) is 0. The standard InChI is InChI=1S/C3H6O3S.C2H4O.Na/c1-2-3-7(4,5)6;1-2-3;/h2H,1,3H2,(H,4,5,6);2-3H,1H2;/q;;+1/p-1. The predicted molar refractivity (Wildman–Crippen MR) is 37.6 cm³/mol. The molecule has 0 aromatic carbocycles. The number of aliphatic hydroxyl groups excluding tert-OH is 1. The zero-order valence-electron chi connectivity index (χ0n) is 6.36. The Morgan fingerprint density at radius 2 is 1.73 bits per heavy atom. The van der Waals surface area contributed by atoms with Crippen LogP contribution >= 0.6 is 0 Å². The van der Waals surface area contributed by atoms with Gasteiger partial charge in [-0.2, -0.15) is 0 Å². The third kappa shape index (κ3) is 38.9. The second-order valence-corrected chi connectivity index (χ2v) is 2.64. The molecule has 0 amide bonds.